The van der Waals surface area contributed by atoms with E-state index in [1.165, 1.54) is 0 Å². The number of amides is 1. The van der Waals surface area contributed by atoms with Crippen LogP contribution < -0.4 is 4.90 Å². The van der Waals surface area contributed by atoms with Gasteiger partial charge in [0.05, 0.1) is 12.2 Å². The molecule has 0 atom stereocenters. The van der Waals surface area contributed by atoms with Crippen molar-refractivity contribution < 1.29 is 10.0 Å². The van der Waals surface area contributed by atoms with E-state index in [-0.39, 0.29) is 11.6 Å². The largest absolute Gasteiger partial charge is 0.410 e. The van der Waals surface area contributed by atoms with Gasteiger partial charge in [-0.25, -0.2) is 0 Å². The summed E-state index contributed by atoms with van der Waals surface area (Å²) in [6.07, 6.45) is 0. The maximum Gasteiger partial charge on any atom is 0.281 e. The molecule has 0 unspecified atom stereocenters. The molecule has 0 fully saturated rings. The van der Waals surface area contributed by atoms with Crippen LogP contribution in [0, 0.1) is 6.92 Å². The van der Waals surface area contributed by atoms with Crippen LogP contribution in [-0.2, 0) is 11.3 Å². The number of halogens is 1. The van der Waals surface area contributed by atoms with E-state index in [0.717, 1.165) is 11.1 Å². The Bertz CT molecular complexity index is 756. The highest BCUT2D eigenvalue weighted by molar-refractivity contribution is 6.54. The van der Waals surface area contributed by atoms with Crippen molar-refractivity contribution in [3.63, 3.8) is 0 Å². The number of hydrogen-bond acceptors (Lipinski definition) is 3. The Balaban J connectivity index is 2.02. The van der Waals surface area contributed by atoms with Crippen LogP contribution in [0.1, 0.15) is 16.7 Å². The number of hydrogen-bond donors (Lipinski definition) is 1. The average Bonchev–Trinajstić information content (AvgIpc) is 2.70. The molecule has 2 aromatic rings. The van der Waals surface area contributed by atoms with Crippen molar-refractivity contribution in [2.75, 3.05) is 4.90 Å². The first-order valence-electron chi connectivity index (χ1n) is 6.49. The minimum absolute atomic E-state index is 0.0279. The van der Waals surface area contributed by atoms with Crippen molar-refractivity contribution in [2.24, 2.45) is 5.16 Å². The van der Waals surface area contributed by atoms with Gasteiger partial charge in [0.1, 0.15) is 0 Å². The molecule has 4 nitrogen and oxygen atoms in total. The van der Waals surface area contributed by atoms with Gasteiger partial charge in [0, 0.05) is 10.6 Å². The molecule has 1 heterocycles. The second kappa shape index (κ2) is 5.22. The summed E-state index contributed by atoms with van der Waals surface area (Å²) in [6, 6.07) is 13.1. The van der Waals surface area contributed by atoms with Gasteiger partial charge in [-0.3, -0.25) is 4.79 Å². The number of carbonyl (C=O) groups is 1. The first-order valence-corrected chi connectivity index (χ1v) is 6.87. The lowest BCUT2D eigenvalue weighted by Crippen LogP contribution is -2.29. The zero-order chi connectivity index (χ0) is 15.0. The molecule has 1 aliphatic rings. The molecule has 2 aromatic carbocycles. The van der Waals surface area contributed by atoms with E-state index < -0.39 is 0 Å². The van der Waals surface area contributed by atoms with Crippen LogP contribution in [-0.4, -0.2) is 16.8 Å². The quantitative estimate of drug-likeness (QED) is 0.683. The fraction of sp³-hybridized carbons (Fsp3) is 0.125. The summed E-state index contributed by atoms with van der Waals surface area (Å²) >= 11 is 5.96. The summed E-state index contributed by atoms with van der Waals surface area (Å²) in [4.78, 5) is 14.0. The van der Waals surface area contributed by atoms with Crippen LogP contribution in [0.4, 0.5) is 5.69 Å². The molecule has 0 aromatic heterocycles. The minimum atomic E-state index is -0.323. The summed E-state index contributed by atoms with van der Waals surface area (Å²) < 4.78 is 0. The third-order valence-electron chi connectivity index (χ3n) is 3.48. The minimum Gasteiger partial charge on any atom is -0.410 e. The Morgan fingerprint density at radius 2 is 2.05 bits per heavy atom. The topological polar surface area (TPSA) is 52.9 Å². The third kappa shape index (κ3) is 2.38. The molecule has 0 bridgehead atoms. The van der Waals surface area contributed by atoms with Gasteiger partial charge in [0.2, 0.25) is 0 Å². The predicted molar refractivity (Wildman–Crippen MR) is 82.1 cm³/mol. The Labute approximate surface area is 127 Å². The third-order valence-corrected chi connectivity index (χ3v) is 3.71. The standard InChI is InChI=1S/C16H13ClN2O2/c1-10-3-2-4-11(7-10)9-19-14-6-5-12(17)8-13(14)15(18-21)16(19)20/h2-8,21H,9H2,1H3/b18-15-. The highest BCUT2D eigenvalue weighted by Gasteiger charge is 2.34. The Morgan fingerprint density at radius 3 is 2.76 bits per heavy atom. The molecule has 0 saturated heterocycles. The van der Waals surface area contributed by atoms with Crippen LogP contribution >= 0.6 is 11.6 Å². The summed E-state index contributed by atoms with van der Waals surface area (Å²) in [7, 11) is 0. The number of oxime groups is 1. The summed E-state index contributed by atoms with van der Waals surface area (Å²) in [5, 5.41) is 12.7. The molecule has 1 N–H and O–H groups in total. The van der Waals surface area contributed by atoms with Gasteiger partial charge in [0.25, 0.3) is 5.91 Å². The number of nitrogens with zero attached hydrogens (tertiary/aromatic N) is 2. The van der Waals surface area contributed by atoms with Gasteiger partial charge in [0.15, 0.2) is 5.71 Å². The smallest absolute Gasteiger partial charge is 0.281 e. The van der Waals surface area contributed by atoms with Crippen LogP contribution in [0.25, 0.3) is 0 Å². The first-order chi connectivity index (χ1) is 10.1. The second-order valence-electron chi connectivity index (χ2n) is 4.99. The van der Waals surface area contributed by atoms with E-state index in [2.05, 4.69) is 5.16 Å². The summed E-state index contributed by atoms with van der Waals surface area (Å²) in [5.74, 6) is -0.323. The molecular weight excluding hydrogens is 288 g/mol. The fourth-order valence-corrected chi connectivity index (χ4v) is 2.70. The van der Waals surface area contributed by atoms with E-state index >= 15 is 0 Å². The normalized spacial score (nSPS) is 15.6. The molecule has 0 spiro atoms. The van der Waals surface area contributed by atoms with Gasteiger partial charge >= 0.3 is 0 Å². The maximum absolute atomic E-state index is 12.4. The van der Waals surface area contributed by atoms with Gasteiger partial charge in [-0.05, 0) is 30.7 Å². The molecule has 1 amide bonds. The van der Waals surface area contributed by atoms with E-state index in [9.17, 15) is 4.79 Å². The van der Waals surface area contributed by atoms with Crippen LogP contribution in [0.2, 0.25) is 5.02 Å². The Hall–Kier alpha value is -2.33. The van der Waals surface area contributed by atoms with E-state index in [0.29, 0.717) is 22.8 Å². The van der Waals surface area contributed by atoms with Crippen molar-refractivity contribution in [1.29, 1.82) is 0 Å². The molecule has 5 heteroatoms. The van der Waals surface area contributed by atoms with Crippen molar-refractivity contribution >= 4 is 28.9 Å². The number of benzene rings is 2. The number of fused-ring (bicyclic) bond motifs is 1. The molecule has 1 aliphatic heterocycles. The molecule has 21 heavy (non-hydrogen) atoms. The van der Waals surface area contributed by atoms with E-state index in [1.54, 1.807) is 23.1 Å². The van der Waals surface area contributed by atoms with E-state index in [1.807, 2.05) is 31.2 Å². The van der Waals surface area contributed by atoms with Crippen molar-refractivity contribution in [1.82, 2.24) is 0 Å². The van der Waals surface area contributed by atoms with Gasteiger partial charge in [-0.1, -0.05) is 46.6 Å². The highest BCUT2D eigenvalue weighted by atomic mass is 35.5. The molecule has 0 aliphatic carbocycles. The SMILES string of the molecule is Cc1cccc(CN2C(=O)/C(=N\O)c3cc(Cl)ccc32)c1. The number of carbonyl (C=O) groups excluding carboxylic acids is 1. The van der Waals surface area contributed by atoms with Crippen molar-refractivity contribution in [3.8, 4) is 0 Å². The van der Waals surface area contributed by atoms with Gasteiger partial charge < -0.3 is 10.1 Å². The monoisotopic (exact) mass is 300 g/mol. The van der Waals surface area contributed by atoms with Crippen LogP contribution in [0.5, 0.6) is 0 Å². The number of rotatable bonds is 2. The molecular formula is C16H13ClN2O2. The van der Waals surface area contributed by atoms with Gasteiger partial charge in [-0.15, -0.1) is 0 Å². The van der Waals surface area contributed by atoms with Crippen LogP contribution in [0.3, 0.4) is 0 Å². The zero-order valence-corrected chi connectivity index (χ0v) is 12.1. The Kier molecular flexibility index (Phi) is 3.39. The maximum atomic E-state index is 12.4. The molecule has 106 valence electrons. The fourth-order valence-electron chi connectivity index (χ4n) is 2.53. The lowest BCUT2D eigenvalue weighted by atomic mass is 10.1. The predicted octanol–water partition coefficient (Wildman–Crippen LogP) is 3.37. The molecule has 0 saturated carbocycles. The summed E-state index contributed by atoms with van der Waals surface area (Å²) in [6.45, 7) is 2.43. The second-order valence-corrected chi connectivity index (χ2v) is 5.43. The zero-order valence-electron chi connectivity index (χ0n) is 11.4. The number of aryl methyl sites for hydroxylation is 1. The first kappa shape index (κ1) is 13.6. The lowest BCUT2D eigenvalue weighted by Gasteiger charge is -2.17. The lowest BCUT2D eigenvalue weighted by molar-refractivity contribution is -0.112. The Morgan fingerprint density at radius 1 is 1.24 bits per heavy atom. The highest BCUT2D eigenvalue weighted by Crippen LogP contribution is 2.32. The summed E-state index contributed by atoms with van der Waals surface area (Å²) in [5.41, 5.74) is 3.44. The number of anilines is 1. The van der Waals surface area contributed by atoms with Crippen molar-refractivity contribution in [2.45, 2.75) is 13.5 Å². The van der Waals surface area contributed by atoms with Crippen molar-refractivity contribution in [3.05, 3.63) is 64.2 Å². The van der Waals surface area contributed by atoms with Crippen LogP contribution in [0.15, 0.2) is 47.6 Å². The average molecular weight is 301 g/mol. The molecule has 0 radical (unpaired) electrons. The molecule has 3 rings (SSSR count). The van der Waals surface area contributed by atoms with Gasteiger partial charge in [-0.2, -0.15) is 0 Å². The van der Waals surface area contributed by atoms with E-state index in [4.69, 9.17) is 16.8 Å².